The number of halogens is 1. The monoisotopic (exact) mass is 521 g/mol. The molecule has 7 nitrogen and oxygen atoms in total. The summed E-state index contributed by atoms with van der Waals surface area (Å²) in [6.45, 7) is 6.78. The molecule has 158 valence electrons. The summed E-state index contributed by atoms with van der Waals surface area (Å²) in [5, 5.41) is 6.80. The van der Waals surface area contributed by atoms with Crippen LogP contribution < -0.4 is 5.32 Å². The molecule has 0 bridgehead atoms. The van der Waals surface area contributed by atoms with Gasteiger partial charge in [0.2, 0.25) is 0 Å². The lowest BCUT2D eigenvalue weighted by Crippen LogP contribution is -2.55. The third kappa shape index (κ3) is 6.55. The minimum atomic E-state index is -0.212. The van der Waals surface area contributed by atoms with Gasteiger partial charge in [0.25, 0.3) is 5.91 Å². The molecule has 3 heterocycles. The number of aliphatic imine (C=N–C) groups is 1. The van der Waals surface area contributed by atoms with Gasteiger partial charge >= 0.3 is 0 Å². The van der Waals surface area contributed by atoms with Crippen LogP contribution in [0.3, 0.4) is 0 Å². The number of piperazine rings is 1. The van der Waals surface area contributed by atoms with E-state index in [2.05, 4.69) is 25.6 Å². The molecule has 0 aliphatic carbocycles. The number of aryl methyl sites for hydroxylation is 2. The number of thiazole rings is 1. The molecule has 1 amide bonds. The number of hydrogen-bond donors (Lipinski definition) is 1. The molecule has 0 spiro atoms. The summed E-state index contributed by atoms with van der Waals surface area (Å²) in [4.78, 5) is 25.5. The van der Waals surface area contributed by atoms with E-state index in [0.29, 0.717) is 0 Å². The van der Waals surface area contributed by atoms with Crippen LogP contribution in [0.25, 0.3) is 0 Å². The number of nitrogens with zero attached hydrogens (tertiary/aromatic N) is 4. The van der Waals surface area contributed by atoms with Crippen LogP contribution in [-0.4, -0.2) is 79.1 Å². The average Bonchev–Trinajstić information content (AvgIpc) is 3.36. The normalized spacial score (nSPS) is 20.2. The first kappa shape index (κ1) is 23.3. The molecule has 2 aliphatic rings. The molecule has 1 N–H and O–H groups in total. The Morgan fingerprint density at radius 2 is 2.07 bits per heavy atom. The molecule has 28 heavy (non-hydrogen) atoms. The third-order valence-corrected chi connectivity index (χ3v) is 6.10. The lowest BCUT2D eigenvalue weighted by atomic mass is 10.2. The first-order valence-electron chi connectivity index (χ1n) is 9.94. The van der Waals surface area contributed by atoms with Crippen LogP contribution in [0.5, 0.6) is 0 Å². The van der Waals surface area contributed by atoms with Crippen LogP contribution in [0, 0.1) is 6.92 Å². The highest BCUT2D eigenvalue weighted by molar-refractivity contribution is 14.0. The largest absolute Gasteiger partial charge is 0.368 e. The Morgan fingerprint density at radius 1 is 1.32 bits per heavy atom. The number of guanidine groups is 1. The minimum absolute atomic E-state index is 0. The molecule has 1 aromatic rings. The number of nitrogens with one attached hydrogen (secondary N) is 1. The highest BCUT2D eigenvalue weighted by Gasteiger charge is 2.30. The topological polar surface area (TPSA) is 70.1 Å². The maximum absolute atomic E-state index is 12.4. The van der Waals surface area contributed by atoms with Crippen LogP contribution >= 0.6 is 35.3 Å². The molecule has 3 rings (SSSR count). The summed E-state index contributed by atoms with van der Waals surface area (Å²) in [6.07, 6.45) is 4.91. The molecule has 2 fully saturated rings. The Balaban J connectivity index is 0.00000280. The SMILES string of the molecule is CN=C(NCCCCc1nc(C)cs1)N1CCN(C(=O)C2CCCO2)CC1.I. The van der Waals surface area contributed by atoms with E-state index in [1.165, 1.54) is 5.01 Å². The van der Waals surface area contributed by atoms with E-state index in [1.807, 2.05) is 18.9 Å². The molecule has 2 aliphatic heterocycles. The Hall–Kier alpha value is -0.940. The Morgan fingerprint density at radius 3 is 2.68 bits per heavy atom. The van der Waals surface area contributed by atoms with Crippen molar-refractivity contribution in [3.63, 3.8) is 0 Å². The molecule has 2 saturated heterocycles. The summed E-state index contributed by atoms with van der Waals surface area (Å²) in [5.41, 5.74) is 1.12. The fourth-order valence-electron chi connectivity index (χ4n) is 3.57. The van der Waals surface area contributed by atoms with E-state index in [4.69, 9.17) is 4.74 Å². The lowest BCUT2D eigenvalue weighted by molar-refractivity contribution is -0.142. The standard InChI is InChI=1S/C19H31N5O2S.HI/c1-15-14-27-17(22-15)7-3-4-8-21-19(20-2)24-11-9-23(10-12-24)18(25)16-6-5-13-26-16;/h14,16H,3-13H2,1-2H3,(H,20,21);1H. The Bertz CT molecular complexity index is 640. The molecule has 1 atom stereocenters. The molecule has 0 aromatic carbocycles. The molecule has 1 unspecified atom stereocenters. The van der Waals surface area contributed by atoms with E-state index >= 15 is 0 Å². The van der Waals surface area contributed by atoms with Gasteiger partial charge < -0.3 is 19.9 Å². The number of hydrogen-bond acceptors (Lipinski definition) is 5. The van der Waals surface area contributed by atoms with Crippen LogP contribution in [0.2, 0.25) is 0 Å². The van der Waals surface area contributed by atoms with Gasteiger partial charge in [0.15, 0.2) is 5.96 Å². The quantitative estimate of drug-likeness (QED) is 0.269. The van der Waals surface area contributed by atoms with Crippen molar-refractivity contribution in [1.29, 1.82) is 0 Å². The van der Waals surface area contributed by atoms with Crippen molar-refractivity contribution in [3.05, 3.63) is 16.1 Å². The van der Waals surface area contributed by atoms with Gasteiger partial charge in [-0.25, -0.2) is 4.98 Å². The molecular formula is C19H32IN5O2S. The summed E-state index contributed by atoms with van der Waals surface area (Å²) in [6, 6.07) is 0. The van der Waals surface area contributed by atoms with Crippen LogP contribution in [0.15, 0.2) is 10.4 Å². The summed E-state index contributed by atoms with van der Waals surface area (Å²) < 4.78 is 5.53. The van der Waals surface area contributed by atoms with Gasteiger partial charge in [-0.05, 0) is 39.0 Å². The first-order chi connectivity index (χ1) is 13.2. The fourth-order valence-corrected chi connectivity index (χ4v) is 4.38. The second-order valence-electron chi connectivity index (χ2n) is 7.13. The van der Waals surface area contributed by atoms with Gasteiger partial charge in [-0.15, -0.1) is 35.3 Å². The molecule has 1 aromatic heterocycles. The van der Waals surface area contributed by atoms with E-state index < -0.39 is 0 Å². The van der Waals surface area contributed by atoms with E-state index in [0.717, 1.165) is 83.1 Å². The number of carbonyl (C=O) groups excluding carboxylic acids is 1. The van der Waals surface area contributed by atoms with Gasteiger partial charge in [-0.2, -0.15) is 0 Å². The highest BCUT2D eigenvalue weighted by Crippen LogP contribution is 2.16. The maximum atomic E-state index is 12.4. The zero-order valence-electron chi connectivity index (χ0n) is 16.9. The number of aromatic nitrogens is 1. The Labute approximate surface area is 189 Å². The second kappa shape index (κ2) is 11.9. The van der Waals surface area contributed by atoms with Crippen molar-refractivity contribution >= 4 is 47.2 Å². The maximum Gasteiger partial charge on any atom is 0.251 e. The van der Waals surface area contributed by atoms with Crippen LogP contribution in [0.1, 0.15) is 36.4 Å². The van der Waals surface area contributed by atoms with Crippen molar-refractivity contribution in [1.82, 2.24) is 20.1 Å². The van der Waals surface area contributed by atoms with Crippen molar-refractivity contribution in [2.75, 3.05) is 46.4 Å². The fraction of sp³-hybridized carbons (Fsp3) is 0.737. The summed E-state index contributed by atoms with van der Waals surface area (Å²) in [5.74, 6) is 1.09. The van der Waals surface area contributed by atoms with Crippen molar-refractivity contribution < 1.29 is 9.53 Å². The molecule has 9 heteroatoms. The second-order valence-corrected chi connectivity index (χ2v) is 8.07. The summed E-state index contributed by atoms with van der Waals surface area (Å²) >= 11 is 1.75. The average molecular weight is 521 g/mol. The van der Waals surface area contributed by atoms with Gasteiger partial charge in [0.05, 0.1) is 5.01 Å². The lowest BCUT2D eigenvalue weighted by Gasteiger charge is -2.37. The minimum Gasteiger partial charge on any atom is -0.368 e. The molecular weight excluding hydrogens is 489 g/mol. The zero-order chi connectivity index (χ0) is 19.1. The predicted octanol–water partition coefficient (Wildman–Crippen LogP) is 2.29. The van der Waals surface area contributed by atoms with Gasteiger partial charge in [0.1, 0.15) is 6.10 Å². The van der Waals surface area contributed by atoms with Crippen LogP contribution in [0.4, 0.5) is 0 Å². The smallest absolute Gasteiger partial charge is 0.251 e. The molecule has 0 radical (unpaired) electrons. The predicted molar refractivity (Wildman–Crippen MR) is 124 cm³/mol. The van der Waals surface area contributed by atoms with Gasteiger partial charge in [-0.1, -0.05) is 0 Å². The van der Waals surface area contributed by atoms with Crippen molar-refractivity contribution in [3.8, 4) is 0 Å². The number of carbonyl (C=O) groups is 1. The van der Waals surface area contributed by atoms with E-state index in [9.17, 15) is 4.79 Å². The van der Waals surface area contributed by atoms with Crippen LogP contribution in [-0.2, 0) is 16.0 Å². The number of amides is 1. The first-order valence-corrected chi connectivity index (χ1v) is 10.8. The van der Waals surface area contributed by atoms with Gasteiger partial charge in [-0.3, -0.25) is 9.79 Å². The molecule has 0 saturated carbocycles. The zero-order valence-corrected chi connectivity index (χ0v) is 20.0. The number of rotatable bonds is 6. The van der Waals surface area contributed by atoms with E-state index in [1.54, 1.807) is 11.3 Å². The van der Waals surface area contributed by atoms with E-state index in [-0.39, 0.29) is 36.0 Å². The van der Waals surface area contributed by atoms with Crippen molar-refractivity contribution in [2.45, 2.75) is 45.1 Å². The summed E-state index contributed by atoms with van der Waals surface area (Å²) in [7, 11) is 1.82. The third-order valence-electron chi connectivity index (χ3n) is 5.07. The van der Waals surface area contributed by atoms with Gasteiger partial charge in [0, 0.05) is 57.5 Å². The van der Waals surface area contributed by atoms with Crippen molar-refractivity contribution in [2.24, 2.45) is 4.99 Å². The highest BCUT2D eigenvalue weighted by atomic mass is 127. The number of unbranched alkanes of at least 4 members (excludes halogenated alkanes) is 1. The Kier molecular flexibility index (Phi) is 9.93. The number of ether oxygens (including phenoxy) is 1.